The van der Waals surface area contributed by atoms with Gasteiger partial charge in [-0.25, -0.2) is 13.4 Å². The fourth-order valence-electron chi connectivity index (χ4n) is 3.27. The van der Waals surface area contributed by atoms with E-state index in [1.165, 1.54) is 0 Å². The van der Waals surface area contributed by atoms with Crippen LogP contribution in [0.25, 0.3) is 0 Å². The van der Waals surface area contributed by atoms with E-state index in [0.717, 1.165) is 37.6 Å². The van der Waals surface area contributed by atoms with Crippen molar-refractivity contribution in [1.82, 2.24) is 10.6 Å². The summed E-state index contributed by atoms with van der Waals surface area (Å²) in [4.78, 5) is 4.67. The van der Waals surface area contributed by atoms with Gasteiger partial charge >= 0.3 is 0 Å². The first kappa shape index (κ1) is 19.5. The smallest absolute Gasteiger partial charge is 0.191 e. The number of sulfone groups is 1. The molecule has 1 unspecified atom stereocenters. The summed E-state index contributed by atoms with van der Waals surface area (Å²) >= 11 is 6.04. The molecule has 1 atom stereocenters. The molecular weight excluding hydrogens is 374 g/mol. The van der Waals surface area contributed by atoms with E-state index in [1.54, 1.807) is 0 Å². The van der Waals surface area contributed by atoms with E-state index >= 15 is 0 Å². The Balaban J connectivity index is 1.61. The highest BCUT2D eigenvalue weighted by atomic mass is 35.5. The molecule has 2 aliphatic rings. The molecule has 0 aliphatic carbocycles. The third kappa shape index (κ3) is 6.14. The van der Waals surface area contributed by atoms with E-state index in [0.29, 0.717) is 36.3 Å². The first-order valence-corrected chi connectivity index (χ1v) is 11.3. The molecule has 6 nitrogen and oxygen atoms in total. The molecule has 0 amide bonds. The van der Waals surface area contributed by atoms with E-state index in [1.807, 2.05) is 24.3 Å². The molecule has 2 fully saturated rings. The van der Waals surface area contributed by atoms with Crippen molar-refractivity contribution in [3.05, 3.63) is 34.9 Å². The van der Waals surface area contributed by atoms with E-state index in [2.05, 4.69) is 15.6 Å². The second kappa shape index (κ2) is 9.06. The van der Waals surface area contributed by atoms with Gasteiger partial charge in [0.05, 0.1) is 18.1 Å². The van der Waals surface area contributed by atoms with Gasteiger partial charge in [-0.2, -0.15) is 0 Å². The van der Waals surface area contributed by atoms with Gasteiger partial charge in [-0.05, 0) is 42.9 Å². The molecule has 144 valence electrons. The number of aliphatic imine (C=N–C) groups is 1. The van der Waals surface area contributed by atoms with Crippen molar-refractivity contribution in [3.63, 3.8) is 0 Å². The van der Waals surface area contributed by atoms with Gasteiger partial charge in [0.1, 0.15) is 0 Å². The van der Waals surface area contributed by atoms with Gasteiger partial charge in [0, 0.05) is 30.8 Å². The summed E-state index contributed by atoms with van der Waals surface area (Å²) in [5.74, 6) is 1.43. The average molecular weight is 400 g/mol. The summed E-state index contributed by atoms with van der Waals surface area (Å²) < 4.78 is 28.7. The van der Waals surface area contributed by atoms with Gasteiger partial charge in [-0.15, -0.1) is 0 Å². The number of nitrogens with one attached hydrogen (secondary N) is 2. The second-order valence-corrected chi connectivity index (χ2v) is 9.64. The molecule has 2 saturated heterocycles. The fourth-order valence-corrected chi connectivity index (χ4v) is 5.34. The summed E-state index contributed by atoms with van der Waals surface area (Å²) in [7, 11) is -2.86. The molecule has 1 aromatic carbocycles. The summed E-state index contributed by atoms with van der Waals surface area (Å²) in [6, 6.07) is 7.97. The number of hydrogen-bond donors (Lipinski definition) is 2. The van der Waals surface area contributed by atoms with E-state index in [4.69, 9.17) is 16.3 Å². The predicted molar refractivity (Wildman–Crippen MR) is 104 cm³/mol. The summed E-state index contributed by atoms with van der Waals surface area (Å²) in [6.45, 7) is 2.63. The van der Waals surface area contributed by atoms with E-state index in [9.17, 15) is 8.42 Å². The molecule has 2 aliphatic heterocycles. The Morgan fingerprint density at radius 2 is 2.08 bits per heavy atom. The number of nitrogens with zero attached hydrogens (tertiary/aromatic N) is 1. The molecule has 0 saturated carbocycles. The molecule has 2 N–H and O–H groups in total. The minimum Gasteiger partial charge on any atom is -0.381 e. The minimum absolute atomic E-state index is 0.146. The van der Waals surface area contributed by atoms with Crippen LogP contribution in [0.4, 0.5) is 0 Å². The Morgan fingerprint density at radius 3 is 2.77 bits per heavy atom. The largest absolute Gasteiger partial charge is 0.381 e. The highest BCUT2D eigenvalue weighted by Gasteiger charge is 2.28. The van der Waals surface area contributed by atoms with Gasteiger partial charge in [0.15, 0.2) is 15.8 Å². The van der Waals surface area contributed by atoms with Crippen molar-refractivity contribution < 1.29 is 13.2 Å². The number of rotatable bonds is 5. The zero-order chi connectivity index (χ0) is 18.4. The van der Waals surface area contributed by atoms with Crippen LogP contribution in [0.2, 0.25) is 5.02 Å². The van der Waals surface area contributed by atoms with Crippen LogP contribution in [0, 0.1) is 5.92 Å². The fraction of sp³-hybridized carbons (Fsp3) is 0.611. The van der Waals surface area contributed by atoms with Crippen LogP contribution in [0.15, 0.2) is 29.3 Å². The van der Waals surface area contributed by atoms with Gasteiger partial charge in [0.2, 0.25) is 0 Å². The molecule has 1 aromatic rings. The van der Waals surface area contributed by atoms with Crippen molar-refractivity contribution in [2.45, 2.75) is 31.8 Å². The third-order valence-corrected chi connectivity index (χ3v) is 6.83. The maximum absolute atomic E-state index is 11.6. The molecule has 0 bridgehead atoms. The average Bonchev–Trinajstić information content (AvgIpc) is 2.97. The summed E-state index contributed by atoms with van der Waals surface area (Å²) in [5, 5.41) is 7.49. The highest BCUT2D eigenvalue weighted by molar-refractivity contribution is 7.91. The zero-order valence-corrected chi connectivity index (χ0v) is 16.4. The minimum atomic E-state index is -2.86. The second-order valence-electron chi connectivity index (χ2n) is 6.98. The Labute approximate surface area is 160 Å². The standard InChI is InChI=1S/C18H26ClN3O3S/c19-16-3-1-2-14(10-16)11-20-18(22-17-4-7-25-8-5-17)21-12-15-6-9-26(23,24)13-15/h1-3,10,15,17H,4-9,11-13H2,(H2,20,21,22). The Morgan fingerprint density at radius 1 is 1.27 bits per heavy atom. The lowest BCUT2D eigenvalue weighted by atomic mass is 10.1. The molecule has 0 spiro atoms. The Hall–Kier alpha value is -1.31. The molecule has 8 heteroatoms. The predicted octanol–water partition coefficient (Wildman–Crippen LogP) is 1.99. The number of guanidine groups is 1. The van der Waals surface area contributed by atoms with Crippen LogP contribution >= 0.6 is 11.6 Å². The van der Waals surface area contributed by atoms with Gasteiger partial charge in [0.25, 0.3) is 0 Å². The van der Waals surface area contributed by atoms with Crippen LogP contribution in [0.3, 0.4) is 0 Å². The molecule has 2 heterocycles. The molecular formula is C18H26ClN3O3S. The molecule has 0 aromatic heterocycles. The van der Waals surface area contributed by atoms with Crippen LogP contribution in [0.5, 0.6) is 0 Å². The quantitative estimate of drug-likeness (QED) is 0.584. The number of ether oxygens (including phenoxy) is 1. The van der Waals surface area contributed by atoms with Gasteiger partial charge in [-0.1, -0.05) is 23.7 Å². The number of benzene rings is 1. The summed E-state index contributed by atoms with van der Waals surface area (Å²) in [6.07, 6.45) is 2.60. The molecule has 3 rings (SSSR count). The Kier molecular flexibility index (Phi) is 6.78. The van der Waals surface area contributed by atoms with E-state index < -0.39 is 9.84 Å². The van der Waals surface area contributed by atoms with Gasteiger partial charge in [-0.3, -0.25) is 0 Å². The van der Waals surface area contributed by atoms with Crippen molar-refractivity contribution in [2.24, 2.45) is 10.9 Å². The number of hydrogen-bond acceptors (Lipinski definition) is 4. The van der Waals surface area contributed by atoms with Crippen molar-refractivity contribution in [1.29, 1.82) is 0 Å². The third-order valence-electron chi connectivity index (χ3n) is 4.76. The van der Waals surface area contributed by atoms with Crippen LogP contribution < -0.4 is 10.6 Å². The first-order valence-electron chi connectivity index (χ1n) is 9.08. The highest BCUT2D eigenvalue weighted by Crippen LogP contribution is 2.17. The lowest BCUT2D eigenvalue weighted by Gasteiger charge is -2.25. The SMILES string of the molecule is O=S1(=O)CCC(CNC(=NCc2cccc(Cl)c2)NC2CCOCC2)C1. The van der Waals surface area contributed by atoms with Crippen LogP contribution in [-0.2, 0) is 21.1 Å². The molecule has 26 heavy (non-hydrogen) atoms. The maximum Gasteiger partial charge on any atom is 0.191 e. The topological polar surface area (TPSA) is 79.8 Å². The van der Waals surface area contributed by atoms with Crippen molar-refractivity contribution in [3.8, 4) is 0 Å². The lowest BCUT2D eigenvalue weighted by molar-refractivity contribution is 0.0822. The Bertz CT molecular complexity index is 733. The zero-order valence-electron chi connectivity index (χ0n) is 14.8. The van der Waals surface area contributed by atoms with Crippen LogP contribution in [0.1, 0.15) is 24.8 Å². The molecule has 0 radical (unpaired) electrons. The van der Waals surface area contributed by atoms with E-state index in [-0.39, 0.29) is 11.7 Å². The first-order chi connectivity index (χ1) is 12.5. The monoisotopic (exact) mass is 399 g/mol. The van der Waals surface area contributed by atoms with Crippen LogP contribution in [-0.4, -0.2) is 51.7 Å². The van der Waals surface area contributed by atoms with Crippen molar-refractivity contribution in [2.75, 3.05) is 31.3 Å². The van der Waals surface area contributed by atoms with Gasteiger partial charge < -0.3 is 15.4 Å². The lowest BCUT2D eigenvalue weighted by Crippen LogP contribution is -2.47. The van der Waals surface area contributed by atoms with Crippen molar-refractivity contribution >= 4 is 27.4 Å². The maximum atomic E-state index is 11.6. The summed E-state index contributed by atoms with van der Waals surface area (Å²) in [5.41, 5.74) is 1.04. The number of halogens is 1. The normalized spacial score (nSPS) is 23.7.